The van der Waals surface area contributed by atoms with Gasteiger partial charge in [-0.05, 0) is 50.3 Å². The molecule has 0 radical (unpaired) electrons. The first-order valence-electron chi connectivity index (χ1n) is 10.5. The van der Waals surface area contributed by atoms with Gasteiger partial charge in [0.1, 0.15) is 5.82 Å². The molecule has 2 fully saturated rings. The summed E-state index contributed by atoms with van der Waals surface area (Å²) in [5.41, 5.74) is 0.769. The smallest absolute Gasteiger partial charge is 0.309 e. The zero-order chi connectivity index (χ0) is 20.8. The number of nitrogens with zero attached hydrogens (tertiary/aromatic N) is 2. The van der Waals surface area contributed by atoms with E-state index in [9.17, 15) is 18.8 Å². The van der Waals surface area contributed by atoms with Gasteiger partial charge < -0.3 is 14.5 Å². The molecule has 3 rings (SSSR count). The average molecular weight is 404 g/mol. The third-order valence-electron chi connectivity index (χ3n) is 5.82. The average Bonchev–Trinajstić information content (AvgIpc) is 2.75. The van der Waals surface area contributed by atoms with Crippen LogP contribution in [0, 0.1) is 17.7 Å². The molecule has 1 atom stereocenters. The van der Waals surface area contributed by atoms with Crippen LogP contribution in [-0.4, -0.2) is 60.4 Å². The molecule has 1 unspecified atom stereocenters. The van der Waals surface area contributed by atoms with Gasteiger partial charge in [0.05, 0.1) is 24.9 Å². The van der Waals surface area contributed by atoms with Crippen LogP contribution in [0.4, 0.5) is 4.39 Å². The normalized spacial score (nSPS) is 20.4. The van der Waals surface area contributed by atoms with E-state index in [1.54, 1.807) is 24.0 Å². The zero-order valence-corrected chi connectivity index (χ0v) is 16.9. The molecule has 1 aromatic carbocycles. The van der Waals surface area contributed by atoms with Gasteiger partial charge in [-0.1, -0.05) is 12.1 Å². The fraction of sp³-hybridized carbons (Fsp3) is 0.591. The molecule has 7 heteroatoms. The molecule has 0 saturated carbocycles. The van der Waals surface area contributed by atoms with Crippen molar-refractivity contribution in [2.75, 3.05) is 32.8 Å². The molecule has 158 valence electrons. The van der Waals surface area contributed by atoms with Gasteiger partial charge >= 0.3 is 5.97 Å². The Labute approximate surface area is 171 Å². The topological polar surface area (TPSA) is 66.9 Å². The SMILES string of the molecule is CCOC(=O)C1CCN(C(=O)C2CCCN(C(=O)Cc3ccc(F)cc3)C2)CC1. The lowest BCUT2D eigenvalue weighted by atomic mass is 9.92. The van der Waals surface area contributed by atoms with Crippen molar-refractivity contribution in [2.45, 2.75) is 39.0 Å². The van der Waals surface area contributed by atoms with Crippen molar-refractivity contribution in [3.05, 3.63) is 35.6 Å². The Kier molecular flexibility index (Phi) is 7.23. The van der Waals surface area contributed by atoms with Crippen LogP contribution in [0.15, 0.2) is 24.3 Å². The first-order valence-corrected chi connectivity index (χ1v) is 10.5. The molecular formula is C22H29FN2O4. The highest BCUT2D eigenvalue weighted by atomic mass is 19.1. The summed E-state index contributed by atoms with van der Waals surface area (Å²) in [4.78, 5) is 41.0. The summed E-state index contributed by atoms with van der Waals surface area (Å²) < 4.78 is 18.1. The highest BCUT2D eigenvalue weighted by Gasteiger charge is 2.34. The maximum Gasteiger partial charge on any atom is 0.309 e. The molecule has 0 bridgehead atoms. The van der Waals surface area contributed by atoms with Crippen LogP contribution in [0.5, 0.6) is 0 Å². The Hall–Kier alpha value is -2.44. The summed E-state index contributed by atoms with van der Waals surface area (Å²) in [6, 6.07) is 5.94. The number of hydrogen-bond donors (Lipinski definition) is 0. The number of ether oxygens (including phenoxy) is 1. The number of halogens is 1. The van der Waals surface area contributed by atoms with Gasteiger partial charge in [-0.15, -0.1) is 0 Å². The van der Waals surface area contributed by atoms with Crippen LogP contribution >= 0.6 is 0 Å². The molecule has 29 heavy (non-hydrogen) atoms. The van der Waals surface area contributed by atoms with E-state index in [4.69, 9.17) is 4.74 Å². The number of carbonyl (C=O) groups excluding carboxylic acids is 3. The lowest BCUT2D eigenvalue weighted by Crippen LogP contribution is -2.49. The van der Waals surface area contributed by atoms with Gasteiger partial charge in [0.25, 0.3) is 0 Å². The van der Waals surface area contributed by atoms with Crippen LogP contribution in [0.2, 0.25) is 0 Å². The molecule has 2 heterocycles. The minimum absolute atomic E-state index is 0.0323. The molecular weight excluding hydrogens is 375 g/mol. The number of rotatable bonds is 5. The first-order chi connectivity index (χ1) is 14.0. The second kappa shape index (κ2) is 9.85. The lowest BCUT2D eigenvalue weighted by Gasteiger charge is -2.37. The Bertz CT molecular complexity index is 729. The molecule has 6 nitrogen and oxygen atoms in total. The third kappa shape index (κ3) is 5.55. The lowest BCUT2D eigenvalue weighted by molar-refractivity contribution is -0.152. The molecule has 0 spiro atoms. The maximum atomic E-state index is 13.0. The van der Waals surface area contributed by atoms with E-state index < -0.39 is 0 Å². The van der Waals surface area contributed by atoms with Gasteiger partial charge in [-0.25, -0.2) is 4.39 Å². The summed E-state index contributed by atoms with van der Waals surface area (Å²) in [7, 11) is 0. The van der Waals surface area contributed by atoms with Crippen LogP contribution in [0.25, 0.3) is 0 Å². The molecule has 1 aromatic rings. The van der Waals surface area contributed by atoms with Gasteiger partial charge in [-0.3, -0.25) is 14.4 Å². The first kappa shape index (κ1) is 21.3. The Balaban J connectivity index is 1.51. The maximum absolute atomic E-state index is 13.0. The van der Waals surface area contributed by atoms with Crippen molar-refractivity contribution in [1.82, 2.24) is 9.80 Å². The predicted octanol–water partition coefficient (Wildman–Crippen LogP) is 2.41. The van der Waals surface area contributed by atoms with E-state index >= 15 is 0 Å². The van der Waals surface area contributed by atoms with Gasteiger partial charge in [0.15, 0.2) is 0 Å². The predicted molar refractivity (Wildman–Crippen MR) is 105 cm³/mol. The second-order valence-corrected chi connectivity index (χ2v) is 7.83. The van der Waals surface area contributed by atoms with Crippen molar-refractivity contribution in [1.29, 1.82) is 0 Å². The van der Waals surface area contributed by atoms with E-state index in [1.165, 1.54) is 12.1 Å². The minimum Gasteiger partial charge on any atom is -0.466 e. The molecule has 2 aliphatic heterocycles. The standard InChI is InChI=1S/C22H29FN2O4/c1-2-29-22(28)17-9-12-24(13-10-17)21(27)18-4-3-11-25(15-18)20(26)14-16-5-7-19(23)8-6-16/h5-8,17-18H,2-4,9-15H2,1H3. The van der Waals surface area contributed by atoms with Crippen molar-refractivity contribution >= 4 is 17.8 Å². The van der Waals surface area contributed by atoms with E-state index in [0.717, 1.165) is 18.4 Å². The largest absolute Gasteiger partial charge is 0.466 e. The van der Waals surface area contributed by atoms with Crippen LogP contribution in [-0.2, 0) is 25.5 Å². The monoisotopic (exact) mass is 404 g/mol. The number of esters is 1. The Morgan fingerprint density at radius 3 is 2.34 bits per heavy atom. The third-order valence-corrected chi connectivity index (χ3v) is 5.82. The zero-order valence-electron chi connectivity index (χ0n) is 16.9. The van der Waals surface area contributed by atoms with Crippen LogP contribution < -0.4 is 0 Å². The highest BCUT2D eigenvalue weighted by Crippen LogP contribution is 2.24. The summed E-state index contributed by atoms with van der Waals surface area (Å²) in [5, 5.41) is 0. The quantitative estimate of drug-likeness (QED) is 0.707. The summed E-state index contributed by atoms with van der Waals surface area (Å²) in [6.07, 6.45) is 3.04. The number of benzene rings is 1. The van der Waals surface area contributed by atoms with Gasteiger partial charge in [0.2, 0.25) is 11.8 Å². The van der Waals surface area contributed by atoms with Crippen molar-refractivity contribution in [3.63, 3.8) is 0 Å². The van der Waals surface area contributed by atoms with Crippen molar-refractivity contribution in [3.8, 4) is 0 Å². The number of hydrogen-bond acceptors (Lipinski definition) is 4. The Morgan fingerprint density at radius 1 is 1.00 bits per heavy atom. The second-order valence-electron chi connectivity index (χ2n) is 7.83. The molecule has 2 amide bonds. The van der Waals surface area contributed by atoms with Gasteiger partial charge in [0, 0.05) is 26.2 Å². The van der Waals surface area contributed by atoms with Crippen LogP contribution in [0.3, 0.4) is 0 Å². The summed E-state index contributed by atoms with van der Waals surface area (Å²) >= 11 is 0. The van der Waals surface area contributed by atoms with E-state index in [2.05, 4.69) is 0 Å². The van der Waals surface area contributed by atoms with E-state index in [-0.39, 0.29) is 41.9 Å². The Morgan fingerprint density at radius 2 is 1.69 bits per heavy atom. The molecule has 2 aliphatic rings. The fourth-order valence-electron chi connectivity index (χ4n) is 4.15. The van der Waals surface area contributed by atoms with E-state index in [0.29, 0.717) is 45.6 Å². The molecule has 0 aliphatic carbocycles. The van der Waals surface area contributed by atoms with Gasteiger partial charge in [-0.2, -0.15) is 0 Å². The molecule has 0 aromatic heterocycles. The summed E-state index contributed by atoms with van der Waals surface area (Å²) in [6.45, 7) is 4.36. The molecule has 0 N–H and O–H groups in total. The van der Waals surface area contributed by atoms with Crippen molar-refractivity contribution < 1.29 is 23.5 Å². The fourth-order valence-corrected chi connectivity index (χ4v) is 4.15. The number of carbonyl (C=O) groups is 3. The summed E-state index contributed by atoms with van der Waals surface area (Å²) in [5.74, 6) is -0.771. The van der Waals surface area contributed by atoms with Crippen LogP contribution in [0.1, 0.15) is 38.2 Å². The van der Waals surface area contributed by atoms with Crippen molar-refractivity contribution in [2.24, 2.45) is 11.8 Å². The van der Waals surface area contributed by atoms with E-state index in [1.807, 2.05) is 4.90 Å². The number of piperidine rings is 2. The number of likely N-dealkylation sites (tertiary alicyclic amines) is 2. The highest BCUT2D eigenvalue weighted by molar-refractivity contribution is 5.82. The molecule has 2 saturated heterocycles. The number of amides is 2. The minimum atomic E-state index is -0.323.